The topological polar surface area (TPSA) is 64.7 Å². The second-order valence-electron chi connectivity index (χ2n) is 6.75. The van der Waals surface area contributed by atoms with Crippen molar-refractivity contribution in [2.24, 2.45) is 29.1 Å². The molecule has 0 heterocycles. The first-order valence-electron chi connectivity index (χ1n) is 6.96. The van der Waals surface area contributed by atoms with Gasteiger partial charge < -0.3 is 0 Å². The summed E-state index contributed by atoms with van der Waals surface area (Å²) in [5.74, 6) is 1.25. The van der Waals surface area contributed by atoms with Crippen molar-refractivity contribution in [3.8, 4) is 12.1 Å². The fraction of sp³-hybridized carbons (Fsp3) is 0.800. The first kappa shape index (κ1) is 11.7. The molecule has 0 saturated heterocycles. The Hall–Kier alpha value is -1.35. The van der Waals surface area contributed by atoms with E-state index in [2.05, 4.69) is 0 Å². The van der Waals surface area contributed by atoms with E-state index in [0.29, 0.717) is 6.42 Å². The van der Waals surface area contributed by atoms with Crippen LogP contribution in [0.1, 0.15) is 44.9 Å². The first-order valence-corrected chi connectivity index (χ1v) is 6.96. The Morgan fingerprint density at radius 1 is 1.06 bits per heavy atom. The van der Waals surface area contributed by atoms with Crippen LogP contribution in [0.15, 0.2) is 0 Å². The summed E-state index contributed by atoms with van der Waals surface area (Å²) in [6.07, 6.45) is 8.02. The van der Waals surface area contributed by atoms with Gasteiger partial charge in [0.05, 0.1) is 12.1 Å². The van der Waals surface area contributed by atoms with E-state index < -0.39 is 5.92 Å². The van der Waals surface area contributed by atoms with Crippen molar-refractivity contribution < 1.29 is 4.79 Å². The van der Waals surface area contributed by atoms with Crippen LogP contribution in [0.25, 0.3) is 0 Å². The van der Waals surface area contributed by atoms with Crippen molar-refractivity contribution in [2.45, 2.75) is 44.9 Å². The third kappa shape index (κ3) is 1.83. The maximum Gasteiger partial charge on any atom is 0.191 e. The second kappa shape index (κ2) is 4.09. The zero-order valence-corrected chi connectivity index (χ0v) is 10.6. The van der Waals surface area contributed by atoms with Gasteiger partial charge in [-0.2, -0.15) is 10.5 Å². The van der Waals surface area contributed by atoms with Crippen molar-refractivity contribution in [3.05, 3.63) is 0 Å². The Labute approximate surface area is 108 Å². The van der Waals surface area contributed by atoms with E-state index in [1.54, 1.807) is 0 Å². The van der Waals surface area contributed by atoms with Gasteiger partial charge in [-0.15, -0.1) is 0 Å². The summed E-state index contributed by atoms with van der Waals surface area (Å²) in [5.41, 5.74) is 0.151. The highest BCUT2D eigenvalue weighted by molar-refractivity contribution is 5.86. The zero-order valence-electron chi connectivity index (χ0n) is 10.6. The molecule has 0 aromatic heterocycles. The van der Waals surface area contributed by atoms with Gasteiger partial charge in [0.15, 0.2) is 11.7 Å². The molecule has 0 aliphatic heterocycles. The lowest BCUT2D eigenvalue weighted by atomic mass is 9.48. The average molecular weight is 242 g/mol. The predicted octanol–water partition coefficient (Wildman–Crippen LogP) is 2.83. The number of carbonyl (C=O) groups excluding carboxylic acids is 1. The van der Waals surface area contributed by atoms with E-state index in [1.165, 1.54) is 19.3 Å². The quantitative estimate of drug-likeness (QED) is 0.764. The van der Waals surface area contributed by atoms with Gasteiger partial charge in [0.1, 0.15) is 0 Å². The fourth-order valence-electron chi connectivity index (χ4n) is 5.15. The molecule has 4 saturated carbocycles. The highest BCUT2D eigenvalue weighted by Gasteiger charge is 2.51. The highest BCUT2D eigenvalue weighted by Crippen LogP contribution is 2.61. The molecule has 0 atom stereocenters. The van der Waals surface area contributed by atoms with E-state index in [9.17, 15) is 4.79 Å². The van der Waals surface area contributed by atoms with E-state index in [0.717, 1.165) is 37.0 Å². The van der Waals surface area contributed by atoms with E-state index in [1.807, 2.05) is 12.1 Å². The molecule has 0 aromatic rings. The first-order chi connectivity index (χ1) is 8.64. The van der Waals surface area contributed by atoms with Crippen molar-refractivity contribution in [2.75, 3.05) is 0 Å². The molecule has 3 nitrogen and oxygen atoms in total. The summed E-state index contributed by atoms with van der Waals surface area (Å²) in [5, 5.41) is 17.6. The van der Waals surface area contributed by atoms with Crippen LogP contribution in [0.5, 0.6) is 0 Å². The third-order valence-electron chi connectivity index (χ3n) is 5.29. The van der Waals surface area contributed by atoms with E-state index in [-0.39, 0.29) is 11.2 Å². The molecule has 4 aliphatic carbocycles. The molecular weight excluding hydrogens is 224 g/mol. The van der Waals surface area contributed by atoms with Crippen LogP contribution in [-0.4, -0.2) is 5.78 Å². The number of carbonyl (C=O) groups is 1. The van der Waals surface area contributed by atoms with Gasteiger partial charge >= 0.3 is 0 Å². The summed E-state index contributed by atoms with van der Waals surface area (Å²) >= 11 is 0. The van der Waals surface area contributed by atoms with Gasteiger partial charge in [-0.3, -0.25) is 4.79 Å². The summed E-state index contributed by atoms with van der Waals surface area (Å²) < 4.78 is 0. The molecule has 0 spiro atoms. The van der Waals surface area contributed by atoms with Gasteiger partial charge in [0, 0.05) is 6.42 Å². The second-order valence-corrected chi connectivity index (χ2v) is 6.75. The summed E-state index contributed by atoms with van der Waals surface area (Å²) in [4.78, 5) is 12.0. The molecule has 4 rings (SSSR count). The Morgan fingerprint density at radius 2 is 1.50 bits per heavy atom. The standard InChI is InChI=1S/C15H18N2O/c16-8-13(9-17)14(18)7-15-4-10-1-11(5-15)3-12(2-10)6-15/h10-13H,1-7H2. The molecular formula is C15H18N2O. The van der Waals surface area contributed by atoms with Crippen LogP contribution >= 0.6 is 0 Å². The largest absolute Gasteiger partial charge is 0.297 e. The fourth-order valence-corrected chi connectivity index (χ4v) is 5.15. The van der Waals surface area contributed by atoms with Crippen molar-refractivity contribution in [1.82, 2.24) is 0 Å². The van der Waals surface area contributed by atoms with Gasteiger partial charge in [-0.25, -0.2) is 0 Å². The molecule has 0 radical (unpaired) electrons. The zero-order chi connectivity index (χ0) is 12.8. The predicted molar refractivity (Wildman–Crippen MR) is 64.9 cm³/mol. The number of rotatable bonds is 3. The Kier molecular flexibility index (Phi) is 2.67. The van der Waals surface area contributed by atoms with Crippen LogP contribution in [-0.2, 0) is 4.79 Å². The molecule has 0 N–H and O–H groups in total. The molecule has 4 bridgehead atoms. The summed E-state index contributed by atoms with van der Waals surface area (Å²) in [6, 6.07) is 3.65. The molecule has 0 amide bonds. The maximum absolute atomic E-state index is 12.0. The Balaban J connectivity index is 1.75. The molecule has 4 fully saturated rings. The molecule has 3 heteroatoms. The van der Waals surface area contributed by atoms with Crippen molar-refractivity contribution in [3.63, 3.8) is 0 Å². The average Bonchev–Trinajstić information content (AvgIpc) is 2.27. The lowest BCUT2D eigenvalue weighted by Gasteiger charge is -2.56. The maximum atomic E-state index is 12.0. The monoisotopic (exact) mass is 242 g/mol. The Bertz CT molecular complexity index is 405. The molecule has 18 heavy (non-hydrogen) atoms. The lowest BCUT2D eigenvalue weighted by Crippen LogP contribution is -2.47. The minimum Gasteiger partial charge on any atom is -0.297 e. The summed E-state index contributed by atoms with van der Waals surface area (Å²) in [7, 11) is 0. The van der Waals surface area contributed by atoms with Crippen LogP contribution in [0, 0.1) is 51.7 Å². The number of hydrogen-bond acceptors (Lipinski definition) is 3. The number of hydrogen-bond donors (Lipinski definition) is 0. The van der Waals surface area contributed by atoms with Crippen LogP contribution in [0.2, 0.25) is 0 Å². The van der Waals surface area contributed by atoms with Crippen LogP contribution < -0.4 is 0 Å². The number of ketones is 1. The number of Topliss-reactive ketones (excluding diaryl/α,β-unsaturated/α-hetero) is 1. The SMILES string of the molecule is N#CC(C#N)C(=O)CC12CC3CC(CC(C3)C1)C2. The number of nitriles is 2. The normalized spacial score (nSPS) is 40.5. The third-order valence-corrected chi connectivity index (χ3v) is 5.29. The van der Waals surface area contributed by atoms with Gasteiger partial charge in [0.2, 0.25) is 0 Å². The van der Waals surface area contributed by atoms with Crippen molar-refractivity contribution in [1.29, 1.82) is 10.5 Å². The molecule has 94 valence electrons. The minimum absolute atomic E-state index is 0.137. The van der Waals surface area contributed by atoms with Crippen molar-refractivity contribution >= 4 is 5.78 Å². The van der Waals surface area contributed by atoms with Gasteiger partial charge in [-0.1, -0.05) is 0 Å². The van der Waals surface area contributed by atoms with Gasteiger partial charge in [0.25, 0.3) is 0 Å². The minimum atomic E-state index is -1.04. The van der Waals surface area contributed by atoms with Gasteiger partial charge in [-0.05, 0) is 61.7 Å². The lowest BCUT2D eigenvalue weighted by molar-refractivity contribution is -0.128. The Morgan fingerprint density at radius 3 is 1.89 bits per heavy atom. The molecule has 0 aromatic carbocycles. The summed E-state index contributed by atoms with van der Waals surface area (Å²) in [6.45, 7) is 0. The number of nitrogens with zero attached hydrogens (tertiary/aromatic N) is 2. The van der Waals surface area contributed by atoms with E-state index >= 15 is 0 Å². The van der Waals surface area contributed by atoms with Crippen LogP contribution in [0.3, 0.4) is 0 Å². The van der Waals surface area contributed by atoms with Crippen LogP contribution in [0.4, 0.5) is 0 Å². The van der Waals surface area contributed by atoms with E-state index in [4.69, 9.17) is 10.5 Å². The molecule has 4 aliphatic rings. The smallest absolute Gasteiger partial charge is 0.191 e. The molecule has 0 unspecified atom stereocenters. The highest BCUT2D eigenvalue weighted by atomic mass is 16.1.